The maximum atomic E-state index is 12.8. The lowest BCUT2D eigenvalue weighted by Gasteiger charge is -2.11. The van der Waals surface area contributed by atoms with E-state index in [1.54, 1.807) is 60.9 Å². The van der Waals surface area contributed by atoms with Crippen LogP contribution in [0.2, 0.25) is 5.02 Å². The van der Waals surface area contributed by atoms with E-state index in [1.807, 2.05) is 152 Å². The smallest absolute Gasteiger partial charge is 0.270 e. The van der Waals surface area contributed by atoms with Gasteiger partial charge < -0.3 is 39.0 Å². The molecule has 10 aromatic rings. The monoisotopic (exact) mass is 1090 g/mol. The van der Waals surface area contributed by atoms with Gasteiger partial charge in [-0.3, -0.25) is 44.5 Å². The van der Waals surface area contributed by atoms with E-state index in [2.05, 4.69) is 36.6 Å². The molecule has 6 aromatic carbocycles. The second-order valence-corrected chi connectivity index (χ2v) is 17.4. The van der Waals surface area contributed by atoms with Gasteiger partial charge in [-0.15, -0.1) is 0 Å². The van der Waals surface area contributed by atoms with E-state index in [9.17, 15) is 29.8 Å². The Morgan fingerprint density at radius 2 is 0.910 bits per heavy atom. The molecule has 4 heterocycles. The molecule has 0 unspecified atom stereocenters. The minimum absolute atomic E-state index is 0. The van der Waals surface area contributed by atoms with Crippen molar-refractivity contribution in [2.45, 2.75) is 14.4 Å². The number of hydrogen-bond donors (Lipinski definition) is 5. The number of amides is 2. The van der Waals surface area contributed by atoms with E-state index in [4.69, 9.17) is 11.6 Å². The third-order valence-electron chi connectivity index (χ3n) is 11.3. The van der Waals surface area contributed by atoms with Gasteiger partial charge in [0.15, 0.2) is 24.8 Å². The second-order valence-electron chi connectivity index (χ2n) is 17.0. The molecule has 0 aliphatic heterocycles. The van der Waals surface area contributed by atoms with Crippen LogP contribution in [0.1, 0.15) is 33.7 Å². The van der Waals surface area contributed by atoms with Crippen LogP contribution in [0.5, 0.6) is 0 Å². The minimum atomic E-state index is -0.456. The Balaban J connectivity index is 0.000000235. The highest BCUT2D eigenvalue weighted by Gasteiger charge is 2.13. The Labute approximate surface area is 459 Å². The maximum absolute atomic E-state index is 12.8. The largest absolute Gasteiger partial charge is 1.00 e. The van der Waals surface area contributed by atoms with Crippen LogP contribution in [0.15, 0.2) is 207 Å². The van der Waals surface area contributed by atoms with Crippen LogP contribution in [-0.2, 0) is 14.1 Å². The Hall–Kier alpha value is -9.91. The van der Waals surface area contributed by atoms with Crippen molar-refractivity contribution >= 4 is 102 Å². The number of halogens is 3. The summed E-state index contributed by atoms with van der Waals surface area (Å²) in [5, 5.41) is 39.2. The molecule has 17 nitrogen and oxygen atoms in total. The first-order valence-corrected chi connectivity index (χ1v) is 23.5. The molecule has 0 spiro atoms. The van der Waals surface area contributed by atoms with E-state index < -0.39 is 9.85 Å². The number of carbonyl (C=O) groups is 2. The van der Waals surface area contributed by atoms with Crippen molar-refractivity contribution in [3.63, 3.8) is 0 Å². The molecule has 78 heavy (non-hydrogen) atoms. The normalized spacial score (nSPS) is 10.1. The van der Waals surface area contributed by atoms with E-state index in [0.29, 0.717) is 49.3 Å². The summed E-state index contributed by atoms with van der Waals surface area (Å²) in [6.07, 6.45) is 11.1. The first kappa shape index (κ1) is 59.0. The molecule has 0 aliphatic carbocycles. The average molecular weight is 1090 g/mol. The van der Waals surface area contributed by atoms with Crippen LogP contribution in [0.4, 0.5) is 61.6 Å². The maximum Gasteiger partial charge on any atom is 0.270 e. The van der Waals surface area contributed by atoms with Crippen LogP contribution >= 0.6 is 11.6 Å². The molecule has 5 N–H and O–H groups in total. The molecule has 0 saturated carbocycles. The van der Waals surface area contributed by atoms with Gasteiger partial charge in [-0.1, -0.05) is 48.9 Å². The Morgan fingerprint density at radius 3 is 1.38 bits per heavy atom. The molecule has 20 heteroatoms. The highest BCUT2D eigenvalue weighted by Crippen LogP contribution is 2.30. The van der Waals surface area contributed by atoms with Crippen molar-refractivity contribution in [3.8, 4) is 0 Å². The van der Waals surface area contributed by atoms with Crippen molar-refractivity contribution in [1.29, 1.82) is 0 Å². The number of rotatable bonds is 12. The summed E-state index contributed by atoms with van der Waals surface area (Å²) < 4.78 is 3.93. The van der Waals surface area contributed by atoms with Crippen molar-refractivity contribution in [2.75, 3.05) is 26.6 Å². The van der Waals surface area contributed by atoms with Gasteiger partial charge in [0, 0.05) is 117 Å². The zero-order chi connectivity index (χ0) is 52.8. The molecule has 0 aliphatic rings. The zero-order valence-electron chi connectivity index (χ0n) is 41.4. The first-order valence-electron chi connectivity index (χ1n) is 23.2. The molecular weight excluding hydrogens is 1040 g/mol. The van der Waals surface area contributed by atoms with E-state index >= 15 is 0 Å². The van der Waals surface area contributed by atoms with Gasteiger partial charge in [0.25, 0.3) is 23.2 Å². The lowest BCUT2D eigenvalue weighted by Crippen LogP contribution is -3.00. The number of nitrogens with one attached hydrogen (secondary N) is 5. The number of benzene rings is 6. The Kier molecular flexibility index (Phi) is 20.8. The third-order valence-corrected chi connectivity index (χ3v) is 11.7. The van der Waals surface area contributed by atoms with Crippen LogP contribution in [0.25, 0.3) is 21.8 Å². The summed E-state index contributed by atoms with van der Waals surface area (Å²) in [4.78, 5) is 54.2. The quantitative estimate of drug-likeness (QED) is 0.0441. The molecule has 396 valence electrons. The topological polar surface area (TPSA) is 214 Å². The van der Waals surface area contributed by atoms with Gasteiger partial charge >= 0.3 is 0 Å². The minimum Gasteiger partial charge on any atom is -1.00 e. The summed E-state index contributed by atoms with van der Waals surface area (Å²) in [6, 6.07) is 50.0. The number of aryl methyl sites for hydroxylation is 3. The predicted molar refractivity (Wildman–Crippen MR) is 303 cm³/mol. The zero-order valence-corrected chi connectivity index (χ0v) is 42.9. The molecular formula is C58H53Cl2FN11O6+. The molecule has 0 radical (unpaired) electrons. The molecule has 4 aromatic heterocycles. The van der Waals surface area contributed by atoms with Crippen LogP contribution in [0, 0.1) is 27.2 Å². The Morgan fingerprint density at radius 1 is 0.500 bits per heavy atom. The molecule has 10 rings (SSSR count). The fourth-order valence-electron chi connectivity index (χ4n) is 7.39. The van der Waals surface area contributed by atoms with Gasteiger partial charge in [0.05, 0.1) is 37.3 Å². The SMILES string of the molecule is C.C[n+]1ccc(Nc2cccc(NC(=O)c3ccc(Nc4ccnc5ccc([N+](=O)[O-])cc45)cc3)c2)cc1.Cc1ccc(C(=O)Nc2cccc(Nc3cc[n+](C)cc3)c2)cc1.F.O=[N+]([O-])c1ccc2nccc(Cl)c2c1.[Cl-]. The lowest BCUT2D eigenvalue weighted by atomic mass is 10.1. The average Bonchev–Trinajstić information content (AvgIpc) is 3.46. The second kappa shape index (κ2) is 27.6. The molecule has 0 bridgehead atoms. The summed E-state index contributed by atoms with van der Waals surface area (Å²) in [6.45, 7) is 2.00. The number of carbonyl (C=O) groups excluding carboxylic acids is 2. The number of non-ortho nitro benzene ring substituents is 2. The molecule has 0 saturated heterocycles. The van der Waals surface area contributed by atoms with E-state index in [1.165, 1.54) is 24.3 Å². The fourth-order valence-corrected chi connectivity index (χ4v) is 7.60. The van der Waals surface area contributed by atoms with Crippen LogP contribution in [0.3, 0.4) is 0 Å². The lowest BCUT2D eigenvalue weighted by molar-refractivity contribution is -0.671. The number of nitrogens with zero attached hydrogens (tertiary/aromatic N) is 6. The van der Waals surface area contributed by atoms with Crippen molar-refractivity contribution in [2.24, 2.45) is 14.1 Å². The van der Waals surface area contributed by atoms with Gasteiger partial charge in [-0.25, -0.2) is 9.13 Å². The predicted octanol–water partition coefficient (Wildman–Crippen LogP) is 10.1. The molecule has 2 amide bonds. The number of anilines is 8. The van der Waals surface area contributed by atoms with E-state index in [-0.39, 0.29) is 47.7 Å². The highest BCUT2D eigenvalue weighted by atomic mass is 35.5. The van der Waals surface area contributed by atoms with Gasteiger partial charge in [0.1, 0.15) is 14.1 Å². The number of aromatic nitrogens is 4. The number of nitro groups is 2. The molecule has 0 atom stereocenters. The van der Waals surface area contributed by atoms with Crippen molar-refractivity contribution in [1.82, 2.24) is 9.97 Å². The van der Waals surface area contributed by atoms with Gasteiger partial charge in [-0.05, 0) is 104 Å². The van der Waals surface area contributed by atoms with Crippen molar-refractivity contribution in [3.05, 3.63) is 249 Å². The first-order chi connectivity index (χ1) is 36.2. The summed E-state index contributed by atoms with van der Waals surface area (Å²) in [7, 11) is 3.93. The summed E-state index contributed by atoms with van der Waals surface area (Å²) in [5.74, 6) is -0.348. The fraction of sp³-hybridized carbons (Fsp3) is 0.0690. The number of nitro benzene ring substituents is 2. The van der Waals surface area contributed by atoms with Gasteiger partial charge in [0.2, 0.25) is 0 Å². The number of pyridine rings is 4. The Bertz CT molecular complexity index is 3690. The van der Waals surface area contributed by atoms with E-state index in [0.717, 1.165) is 39.7 Å². The van der Waals surface area contributed by atoms with Crippen LogP contribution < -0.4 is 48.1 Å². The number of fused-ring (bicyclic) bond motifs is 2. The highest BCUT2D eigenvalue weighted by molar-refractivity contribution is 6.35. The summed E-state index contributed by atoms with van der Waals surface area (Å²) in [5.41, 5.74) is 10.2. The third kappa shape index (κ3) is 16.0. The van der Waals surface area contributed by atoms with Gasteiger partial charge in [-0.2, -0.15) is 0 Å². The standard InChI is InChI=1S/C28H22N6O3.C20H19N3O.C9H5ClN2O2.CH4.ClH.FH/c1-33-15-12-21(13-16-33)30-22-3-2-4-23(17-22)32-28(35)19-5-7-20(8-6-19)31-27-11-14-29-26-10-9-24(34(36)37)18-25(26)27;1-15-6-8-16(9-7-15)20(24)22-19-5-3-4-18(14-19)21-17-10-12-23(2)13-11-17;10-8-3-4-11-9-2-1-6(12(13)14)5-7(8)9;;;/h2-18H,1H3,(H2,29,31,32,35);3-14H,1-2H3,(H,22,24);1-5H;1H4;2*1H/p+1. The number of hydrogen-bond acceptors (Lipinski definition) is 11. The van der Waals surface area contributed by atoms with Crippen LogP contribution in [-0.4, -0.2) is 31.6 Å². The molecule has 0 fully saturated rings. The summed E-state index contributed by atoms with van der Waals surface area (Å²) >= 11 is 5.87. The van der Waals surface area contributed by atoms with Crippen molar-refractivity contribution < 1.29 is 45.7 Å².